The monoisotopic (exact) mass is 289 g/mol. The molecule has 0 unspecified atom stereocenters. The molecule has 0 saturated heterocycles. The van der Waals surface area contributed by atoms with Crippen molar-refractivity contribution < 1.29 is 14.7 Å². The summed E-state index contributed by atoms with van der Waals surface area (Å²) in [5.41, 5.74) is 0.809. The highest BCUT2D eigenvalue weighted by atomic mass is 16.4. The number of aromatic nitrogens is 4. The number of carboxylic acids is 1. The van der Waals surface area contributed by atoms with Crippen molar-refractivity contribution in [3.8, 4) is 0 Å². The van der Waals surface area contributed by atoms with E-state index in [-0.39, 0.29) is 11.6 Å². The van der Waals surface area contributed by atoms with Gasteiger partial charge >= 0.3 is 5.97 Å². The van der Waals surface area contributed by atoms with Crippen LogP contribution < -0.4 is 5.32 Å². The minimum absolute atomic E-state index is 0.0163. The summed E-state index contributed by atoms with van der Waals surface area (Å²) in [4.78, 5) is 26.0. The van der Waals surface area contributed by atoms with E-state index in [0.29, 0.717) is 13.1 Å². The minimum Gasteiger partial charge on any atom is -0.476 e. The lowest BCUT2D eigenvalue weighted by Crippen LogP contribution is -2.25. The van der Waals surface area contributed by atoms with Gasteiger partial charge in [0, 0.05) is 38.6 Å². The number of hydrogen-bond acceptors (Lipinski definition) is 4. The number of hydrogen-bond donors (Lipinski definition) is 2. The van der Waals surface area contributed by atoms with Gasteiger partial charge in [-0.25, -0.2) is 9.78 Å². The normalized spacial score (nSPS) is 10.9. The Morgan fingerprint density at radius 2 is 2.29 bits per heavy atom. The fraction of sp³-hybridized carbons (Fsp3) is 0.231. The summed E-state index contributed by atoms with van der Waals surface area (Å²) in [6.07, 6.45) is 7.58. The van der Waals surface area contributed by atoms with Gasteiger partial charge in [-0.2, -0.15) is 5.10 Å². The Balaban J connectivity index is 1.77. The highest BCUT2D eigenvalue weighted by Crippen LogP contribution is 1.98. The second kappa shape index (κ2) is 6.51. The van der Waals surface area contributed by atoms with E-state index in [1.807, 2.05) is 0 Å². The van der Waals surface area contributed by atoms with Crippen molar-refractivity contribution in [2.45, 2.75) is 6.54 Å². The first kappa shape index (κ1) is 14.5. The SMILES string of the molecule is Cn1nccc1/C=C/C(=O)NCCn1cnc(C(=O)O)c1. The van der Waals surface area contributed by atoms with Gasteiger partial charge in [-0.1, -0.05) is 0 Å². The smallest absolute Gasteiger partial charge is 0.356 e. The van der Waals surface area contributed by atoms with Crippen LogP contribution in [-0.4, -0.2) is 42.9 Å². The fourth-order valence-electron chi connectivity index (χ4n) is 1.67. The van der Waals surface area contributed by atoms with Gasteiger partial charge in [0.1, 0.15) is 0 Å². The highest BCUT2D eigenvalue weighted by molar-refractivity contribution is 5.91. The van der Waals surface area contributed by atoms with Gasteiger partial charge in [0.15, 0.2) is 5.69 Å². The van der Waals surface area contributed by atoms with Crippen molar-refractivity contribution in [2.75, 3.05) is 6.54 Å². The summed E-state index contributed by atoms with van der Waals surface area (Å²) in [5, 5.41) is 15.4. The van der Waals surface area contributed by atoms with Crippen LogP contribution in [-0.2, 0) is 18.4 Å². The molecule has 1 amide bonds. The van der Waals surface area contributed by atoms with Gasteiger partial charge in [0.25, 0.3) is 0 Å². The zero-order valence-corrected chi connectivity index (χ0v) is 11.4. The molecule has 0 aliphatic carbocycles. The van der Waals surface area contributed by atoms with Crippen molar-refractivity contribution in [1.29, 1.82) is 0 Å². The summed E-state index contributed by atoms with van der Waals surface area (Å²) in [7, 11) is 1.79. The van der Waals surface area contributed by atoms with Gasteiger partial charge in [0.05, 0.1) is 12.0 Å². The standard InChI is InChI=1S/C13H15N5O3/c1-17-10(4-5-16-17)2-3-12(19)14-6-7-18-8-11(13(20)21)15-9-18/h2-5,8-9H,6-7H2,1H3,(H,14,19)(H,20,21)/b3-2+. The quantitative estimate of drug-likeness (QED) is 0.737. The van der Waals surface area contributed by atoms with E-state index in [0.717, 1.165) is 5.69 Å². The van der Waals surface area contributed by atoms with E-state index in [1.165, 1.54) is 18.6 Å². The average molecular weight is 289 g/mol. The molecular weight excluding hydrogens is 274 g/mol. The van der Waals surface area contributed by atoms with Crippen molar-refractivity contribution in [1.82, 2.24) is 24.6 Å². The number of imidazole rings is 1. The number of nitrogens with zero attached hydrogens (tertiary/aromatic N) is 4. The lowest BCUT2D eigenvalue weighted by molar-refractivity contribution is -0.116. The summed E-state index contributed by atoms with van der Waals surface area (Å²) in [5.74, 6) is -1.30. The molecule has 0 aromatic carbocycles. The zero-order valence-electron chi connectivity index (χ0n) is 11.4. The molecule has 0 saturated carbocycles. The third-order valence-electron chi connectivity index (χ3n) is 2.79. The molecule has 0 bridgehead atoms. The molecule has 2 aromatic heterocycles. The molecule has 8 nitrogen and oxygen atoms in total. The van der Waals surface area contributed by atoms with E-state index in [1.54, 1.807) is 34.6 Å². The van der Waals surface area contributed by atoms with Gasteiger partial charge in [-0.3, -0.25) is 9.48 Å². The maximum atomic E-state index is 11.6. The largest absolute Gasteiger partial charge is 0.476 e. The summed E-state index contributed by atoms with van der Waals surface area (Å²) < 4.78 is 3.26. The fourth-order valence-corrected chi connectivity index (χ4v) is 1.67. The number of carbonyl (C=O) groups excluding carboxylic acids is 1. The molecule has 0 atom stereocenters. The number of amides is 1. The second-order valence-electron chi connectivity index (χ2n) is 4.31. The maximum Gasteiger partial charge on any atom is 0.356 e. The van der Waals surface area contributed by atoms with E-state index in [4.69, 9.17) is 5.11 Å². The van der Waals surface area contributed by atoms with Crippen LogP contribution in [0.3, 0.4) is 0 Å². The number of aromatic carboxylic acids is 1. The van der Waals surface area contributed by atoms with Crippen molar-refractivity contribution in [3.05, 3.63) is 42.3 Å². The molecule has 0 aliphatic heterocycles. The number of rotatable bonds is 6. The molecule has 2 N–H and O–H groups in total. The Morgan fingerprint density at radius 3 is 2.90 bits per heavy atom. The Hall–Kier alpha value is -2.90. The maximum absolute atomic E-state index is 11.6. The van der Waals surface area contributed by atoms with Crippen LogP contribution >= 0.6 is 0 Å². The third-order valence-corrected chi connectivity index (χ3v) is 2.79. The number of carbonyl (C=O) groups is 2. The van der Waals surface area contributed by atoms with Crippen LogP contribution in [0, 0.1) is 0 Å². The van der Waals surface area contributed by atoms with E-state index in [9.17, 15) is 9.59 Å². The van der Waals surface area contributed by atoms with Crippen molar-refractivity contribution in [3.63, 3.8) is 0 Å². The van der Waals surface area contributed by atoms with Gasteiger partial charge < -0.3 is 15.0 Å². The molecule has 2 rings (SSSR count). The predicted octanol–water partition coefficient (Wildman–Crippen LogP) is 0.144. The van der Waals surface area contributed by atoms with Crippen LogP contribution in [0.1, 0.15) is 16.2 Å². The Kier molecular flexibility index (Phi) is 4.50. The third kappa shape index (κ3) is 4.03. The van der Waals surface area contributed by atoms with Gasteiger partial charge in [-0.05, 0) is 12.1 Å². The summed E-state index contributed by atoms with van der Waals surface area (Å²) in [6.45, 7) is 0.829. The molecule has 0 radical (unpaired) electrons. The molecule has 110 valence electrons. The molecule has 8 heteroatoms. The van der Waals surface area contributed by atoms with Crippen LogP contribution in [0.4, 0.5) is 0 Å². The molecule has 0 spiro atoms. The molecular formula is C13H15N5O3. The molecule has 2 aromatic rings. The first-order valence-corrected chi connectivity index (χ1v) is 6.25. The first-order chi connectivity index (χ1) is 10.1. The number of nitrogens with one attached hydrogen (secondary N) is 1. The second-order valence-corrected chi connectivity index (χ2v) is 4.31. The van der Waals surface area contributed by atoms with Crippen LogP contribution in [0.25, 0.3) is 6.08 Å². The number of carboxylic acid groups (broad SMARTS) is 1. The predicted molar refractivity (Wildman–Crippen MR) is 74.4 cm³/mol. The highest BCUT2D eigenvalue weighted by Gasteiger charge is 2.06. The van der Waals surface area contributed by atoms with Crippen molar-refractivity contribution >= 4 is 18.0 Å². The molecule has 2 heterocycles. The van der Waals surface area contributed by atoms with E-state index in [2.05, 4.69) is 15.4 Å². The van der Waals surface area contributed by atoms with Crippen LogP contribution in [0.15, 0.2) is 30.9 Å². The number of aryl methyl sites for hydroxylation is 1. The minimum atomic E-state index is -1.07. The van der Waals surface area contributed by atoms with E-state index < -0.39 is 5.97 Å². The molecule has 21 heavy (non-hydrogen) atoms. The Bertz CT molecular complexity index is 671. The topological polar surface area (TPSA) is 102 Å². The van der Waals surface area contributed by atoms with E-state index >= 15 is 0 Å². The lowest BCUT2D eigenvalue weighted by atomic mass is 10.3. The summed E-state index contributed by atoms with van der Waals surface area (Å²) in [6, 6.07) is 1.79. The summed E-state index contributed by atoms with van der Waals surface area (Å²) >= 11 is 0. The van der Waals surface area contributed by atoms with Crippen LogP contribution in [0.2, 0.25) is 0 Å². The lowest BCUT2D eigenvalue weighted by Gasteiger charge is -2.02. The molecule has 0 fully saturated rings. The molecule has 0 aliphatic rings. The Labute approximate surface area is 120 Å². The van der Waals surface area contributed by atoms with Gasteiger partial charge in [0.2, 0.25) is 5.91 Å². The Morgan fingerprint density at radius 1 is 1.48 bits per heavy atom. The van der Waals surface area contributed by atoms with Gasteiger partial charge in [-0.15, -0.1) is 0 Å². The van der Waals surface area contributed by atoms with Crippen molar-refractivity contribution in [2.24, 2.45) is 7.05 Å². The average Bonchev–Trinajstić information content (AvgIpc) is 3.06. The first-order valence-electron chi connectivity index (χ1n) is 6.25. The van der Waals surface area contributed by atoms with Crippen LogP contribution in [0.5, 0.6) is 0 Å². The zero-order chi connectivity index (χ0) is 15.2.